The van der Waals surface area contributed by atoms with Gasteiger partial charge in [0.25, 0.3) is 0 Å². The Morgan fingerprint density at radius 3 is 3.00 bits per heavy atom. The minimum atomic E-state index is 0.458. The van der Waals surface area contributed by atoms with Gasteiger partial charge in [-0.2, -0.15) is 0 Å². The maximum atomic E-state index is 5.44. The number of nitrogens with two attached hydrogens (primary N) is 1. The first-order valence-corrected chi connectivity index (χ1v) is 4.26. The summed E-state index contributed by atoms with van der Waals surface area (Å²) in [5.74, 6) is 0. The lowest BCUT2D eigenvalue weighted by atomic mass is 10.3. The third kappa shape index (κ3) is 1.33. The van der Waals surface area contributed by atoms with Crippen LogP contribution in [0.1, 0.15) is 17.5 Å². The fourth-order valence-electron chi connectivity index (χ4n) is 0.721. The van der Waals surface area contributed by atoms with Crippen molar-refractivity contribution in [3.05, 3.63) is 16.1 Å². The van der Waals surface area contributed by atoms with Crippen molar-refractivity contribution in [2.45, 2.75) is 13.3 Å². The Kier molecular flexibility index (Phi) is 2.34. The zero-order valence-electron chi connectivity index (χ0n) is 5.63. The molecule has 0 spiro atoms. The van der Waals surface area contributed by atoms with Crippen molar-refractivity contribution in [1.29, 1.82) is 0 Å². The zero-order chi connectivity index (χ0) is 7.56. The summed E-state index contributed by atoms with van der Waals surface area (Å²) in [7, 11) is 0. The second-order valence-corrected chi connectivity index (χ2v) is 3.14. The fourth-order valence-corrected chi connectivity index (χ4v) is 1.72. The molecule has 0 aliphatic heterocycles. The molecule has 0 atom stereocenters. The van der Waals surface area contributed by atoms with E-state index in [0.29, 0.717) is 4.99 Å². The average Bonchev–Trinajstić information content (AvgIpc) is 2.33. The Hall–Kier alpha value is -0.480. The molecule has 1 aromatic heterocycles. The monoisotopic (exact) mass is 172 g/mol. The highest BCUT2D eigenvalue weighted by molar-refractivity contribution is 7.81. The van der Waals surface area contributed by atoms with Gasteiger partial charge in [0.2, 0.25) is 0 Å². The minimum Gasteiger partial charge on any atom is -0.389 e. The van der Waals surface area contributed by atoms with Crippen LogP contribution in [0.25, 0.3) is 0 Å². The SMILES string of the molecule is CCc1ncsc1C(N)=S. The Balaban J connectivity index is 3.01. The van der Waals surface area contributed by atoms with Crippen molar-refractivity contribution < 1.29 is 0 Å². The summed E-state index contributed by atoms with van der Waals surface area (Å²) in [6, 6.07) is 0. The average molecular weight is 172 g/mol. The molecule has 0 fully saturated rings. The number of rotatable bonds is 2. The Labute approximate surface area is 69.1 Å². The van der Waals surface area contributed by atoms with Crippen molar-refractivity contribution >= 4 is 28.5 Å². The molecule has 0 saturated heterocycles. The summed E-state index contributed by atoms with van der Waals surface area (Å²) in [6.07, 6.45) is 0.899. The van der Waals surface area contributed by atoms with E-state index in [-0.39, 0.29) is 0 Å². The molecule has 0 radical (unpaired) electrons. The molecule has 1 rings (SSSR count). The zero-order valence-corrected chi connectivity index (χ0v) is 7.26. The first-order chi connectivity index (χ1) is 4.75. The van der Waals surface area contributed by atoms with Crippen LogP contribution in [0.3, 0.4) is 0 Å². The van der Waals surface area contributed by atoms with Crippen LogP contribution < -0.4 is 5.73 Å². The second kappa shape index (κ2) is 3.07. The lowest BCUT2D eigenvalue weighted by molar-refractivity contribution is 1.06. The molecule has 2 nitrogen and oxygen atoms in total. The van der Waals surface area contributed by atoms with E-state index in [9.17, 15) is 0 Å². The highest BCUT2D eigenvalue weighted by Crippen LogP contribution is 2.12. The molecule has 0 aromatic carbocycles. The van der Waals surface area contributed by atoms with Crippen LogP contribution in [0.5, 0.6) is 0 Å². The molecule has 0 unspecified atom stereocenters. The van der Waals surface area contributed by atoms with Gasteiger partial charge >= 0.3 is 0 Å². The highest BCUT2D eigenvalue weighted by Gasteiger charge is 2.04. The minimum absolute atomic E-state index is 0.458. The quantitative estimate of drug-likeness (QED) is 0.684. The molecular weight excluding hydrogens is 164 g/mol. The molecule has 0 aliphatic rings. The number of hydrogen-bond donors (Lipinski definition) is 1. The van der Waals surface area contributed by atoms with Crippen molar-refractivity contribution in [3.8, 4) is 0 Å². The summed E-state index contributed by atoms with van der Waals surface area (Å²) < 4.78 is 0. The van der Waals surface area contributed by atoms with Crippen molar-refractivity contribution in [2.75, 3.05) is 0 Å². The third-order valence-electron chi connectivity index (χ3n) is 1.20. The molecule has 1 aromatic rings. The van der Waals surface area contributed by atoms with Gasteiger partial charge in [-0.3, -0.25) is 0 Å². The van der Waals surface area contributed by atoms with Gasteiger partial charge in [0.15, 0.2) is 0 Å². The van der Waals surface area contributed by atoms with E-state index in [4.69, 9.17) is 18.0 Å². The van der Waals surface area contributed by atoms with E-state index >= 15 is 0 Å². The van der Waals surface area contributed by atoms with Crippen LogP contribution >= 0.6 is 23.6 Å². The summed E-state index contributed by atoms with van der Waals surface area (Å²) in [5, 5.41) is 0. The number of aryl methyl sites for hydroxylation is 1. The van der Waals surface area contributed by atoms with E-state index in [1.807, 2.05) is 6.92 Å². The highest BCUT2D eigenvalue weighted by atomic mass is 32.1. The van der Waals surface area contributed by atoms with Crippen LogP contribution in [0.15, 0.2) is 5.51 Å². The summed E-state index contributed by atoms with van der Waals surface area (Å²) in [5.41, 5.74) is 8.22. The molecule has 2 N–H and O–H groups in total. The topological polar surface area (TPSA) is 38.9 Å². The molecule has 10 heavy (non-hydrogen) atoms. The molecular formula is C6H8N2S2. The number of hydrogen-bond acceptors (Lipinski definition) is 3. The Bertz CT molecular complexity index is 242. The largest absolute Gasteiger partial charge is 0.389 e. The maximum Gasteiger partial charge on any atom is 0.116 e. The second-order valence-electron chi connectivity index (χ2n) is 1.85. The van der Waals surface area contributed by atoms with E-state index in [1.165, 1.54) is 11.3 Å². The molecule has 0 aliphatic carbocycles. The smallest absolute Gasteiger partial charge is 0.116 e. The first kappa shape index (κ1) is 7.63. The Morgan fingerprint density at radius 1 is 1.90 bits per heavy atom. The number of thiazole rings is 1. The first-order valence-electron chi connectivity index (χ1n) is 2.98. The molecule has 0 amide bonds. The van der Waals surface area contributed by atoms with Gasteiger partial charge < -0.3 is 5.73 Å². The number of thiocarbonyl (C=S) groups is 1. The predicted octanol–water partition coefficient (Wildman–Crippen LogP) is 1.34. The van der Waals surface area contributed by atoms with Crippen LogP contribution in [0, 0.1) is 0 Å². The van der Waals surface area contributed by atoms with Crippen molar-refractivity contribution in [3.63, 3.8) is 0 Å². The van der Waals surface area contributed by atoms with Gasteiger partial charge in [-0.1, -0.05) is 19.1 Å². The summed E-state index contributed by atoms with van der Waals surface area (Å²) in [6.45, 7) is 2.04. The van der Waals surface area contributed by atoms with Crippen molar-refractivity contribution in [2.24, 2.45) is 5.73 Å². The van der Waals surface area contributed by atoms with E-state index in [1.54, 1.807) is 5.51 Å². The molecule has 4 heteroatoms. The van der Waals surface area contributed by atoms with E-state index in [2.05, 4.69) is 4.98 Å². The van der Waals surface area contributed by atoms with Gasteiger partial charge in [-0.25, -0.2) is 4.98 Å². The van der Waals surface area contributed by atoms with Crippen LogP contribution in [0.2, 0.25) is 0 Å². The van der Waals surface area contributed by atoms with E-state index < -0.39 is 0 Å². The van der Waals surface area contributed by atoms with Crippen LogP contribution in [-0.4, -0.2) is 9.97 Å². The van der Waals surface area contributed by atoms with E-state index in [0.717, 1.165) is 17.0 Å². The predicted molar refractivity (Wildman–Crippen MR) is 47.4 cm³/mol. The number of nitrogens with zero attached hydrogens (tertiary/aromatic N) is 1. The van der Waals surface area contributed by atoms with Gasteiger partial charge in [0, 0.05) is 0 Å². The lowest BCUT2D eigenvalue weighted by Crippen LogP contribution is -2.09. The molecule has 0 saturated carbocycles. The maximum absolute atomic E-state index is 5.44. The third-order valence-corrected chi connectivity index (χ3v) is 2.44. The standard InChI is InChI=1S/C6H8N2S2/c1-2-4-5(6(7)9)10-3-8-4/h3H,2H2,1H3,(H2,7,9). The molecule has 1 heterocycles. The van der Waals surface area contributed by atoms with Crippen molar-refractivity contribution in [1.82, 2.24) is 4.98 Å². The van der Waals surface area contributed by atoms with Gasteiger partial charge in [0.1, 0.15) is 4.99 Å². The summed E-state index contributed by atoms with van der Waals surface area (Å²) in [4.78, 5) is 5.52. The number of aromatic nitrogens is 1. The van der Waals surface area contributed by atoms with Gasteiger partial charge in [-0.15, -0.1) is 11.3 Å². The normalized spacial score (nSPS) is 9.70. The van der Waals surface area contributed by atoms with Gasteiger partial charge in [-0.05, 0) is 6.42 Å². The lowest BCUT2D eigenvalue weighted by Gasteiger charge is -1.93. The summed E-state index contributed by atoms with van der Waals surface area (Å²) >= 11 is 6.32. The van der Waals surface area contributed by atoms with Crippen LogP contribution in [-0.2, 0) is 6.42 Å². The Morgan fingerprint density at radius 2 is 2.60 bits per heavy atom. The molecule has 54 valence electrons. The van der Waals surface area contributed by atoms with Crippen LogP contribution in [0.4, 0.5) is 0 Å². The molecule has 0 bridgehead atoms. The van der Waals surface area contributed by atoms with Gasteiger partial charge in [0.05, 0.1) is 16.1 Å². The fraction of sp³-hybridized carbons (Fsp3) is 0.333.